The van der Waals surface area contributed by atoms with Gasteiger partial charge in [-0.25, -0.2) is 4.79 Å². The van der Waals surface area contributed by atoms with E-state index in [0.29, 0.717) is 17.0 Å². The Balaban J connectivity index is 1.58. The predicted molar refractivity (Wildman–Crippen MR) is 125 cm³/mol. The van der Waals surface area contributed by atoms with Crippen molar-refractivity contribution >= 4 is 35.0 Å². The second-order valence-electron chi connectivity index (χ2n) is 7.85. The van der Waals surface area contributed by atoms with Crippen molar-refractivity contribution in [3.8, 4) is 0 Å². The molecule has 4 amide bonds. The molecule has 4 rings (SSSR count). The third kappa shape index (κ3) is 4.70. The van der Waals surface area contributed by atoms with E-state index in [-0.39, 0.29) is 24.7 Å². The van der Waals surface area contributed by atoms with Gasteiger partial charge in [0.2, 0.25) is 5.91 Å². The van der Waals surface area contributed by atoms with Crippen LogP contribution >= 0.6 is 11.3 Å². The summed E-state index contributed by atoms with van der Waals surface area (Å²) in [5, 5.41) is 5.55. The molecule has 168 valence electrons. The zero-order valence-corrected chi connectivity index (χ0v) is 18.9. The predicted octanol–water partition coefficient (Wildman–Crippen LogP) is 3.26. The smallest absolute Gasteiger partial charge is 0.325 e. The Morgan fingerprint density at radius 3 is 2.30 bits per heavy atom. The maximum absolute atomic E-state index is 13.6. The van der Waals surface area contributed by atoms with Crippen molar-refractivity contribution in [1.82, 2.24) is 15.5 Å². The van der Waals surface area contributed by atoms with E-state index < -0.39 is 17.5 Å². The molecule has 1 atom stereocenters. The van der Waals surface area contributed by atoms with E-state index in [1.807, 2.05) is 48.5 Å². The molecule has 1 aliphatic heterocycles. The topological polar surface area (TPSA) is 95.6 Å². The summed E-state index contributed by atoms with van der Waals surface area (Å²) in [7, 11) is 0. The van der Waals surface area contributed by atoms with E-state index in [2.05, 4.69) is 10.6 Å². The Morgan fingerprint density at radius 2 is 1.64 bits per heavy atom. The number of benzene rings is 2. The lowest BCUT2D eigenvalue weighted by Crippen LogP contribution is -2.46. The van der Waals surface area contributed by atoms with Crippen LogP contribution in [0.1, 0.15) is 32.6 Å². The van der Waals surface area contributed by atoms with E-state index in [1.165, 1.54) is 18.3 Å². The number of carbonyl (C=O) groups is 4. The first-order chi connectivity index (χ1) is 15.9. The molecule has 2 aromatic carbocycles. The zero-order valence-electron chi connectivity index (χ0n) is 18.0. The van der Waals surface area contributed by atoms with Gasteiger partial charge in [-0.2, -0.15) is 0 Å². The number of nitrogens with zero attached hydrogens (tertiary/aromatic N) is 1. The third-order valence-corrected chi connectivity index (χ3v) is 6.63. The highest BCUT2D eigenvalue weighted by Crippen LogP contribution is 2.33. The van der Waals surface area contributed by atoms with Crippen LogP contribution in [0.2, 0.25) is 0 Å². The molecule has 33 heavy (non-hydrogen) atoms. The molecule has 2 heterocycles. The Morgan fingerprint density at radius 1 is 0.970 bits per heavy atom. The van der Waals surface area contributed by atoms with Crippen molar-refractivity contribution < 1.29 is 19.2 Å². The summed E-state index contributed by atoms with van der Waals surface area (Å²) >= 11 is 1.23. The van der Waals surface area contributed by atoms with Crippen LogP contribution in [0.5, 0.6) is 0 Å². The molecule has 0 spiro atoms. The number of ketones is 1. The van der Waals surface area contributed by atoms with Crippen molar-refractivity contribution in [3.63, 3.8) is 0 Å². The summed E-state index contributed by atoms with van der Waals surface area (Å²) in [6.45, 7) is 1.39. The van der Waals surface area contributed by atoms with Gasteiger partial charge < -0.3 is 10.6 Å². The van der Waals surface area contributed by atoms with Crippen molar-refractivity contribution in [2.75, 3.05) is 6.54 Å². The van der Waals surface area contributed by atoms with Gasteiger partial charge in [0.1, 0.15) is 0 Å². The molecule has 0 saturated carbocycles. The summed E-state index contributed by atoms with van der Waals surface area (Å²) in [4.78, 5) is 52.8. The van der Waals surface area contributed by atoms with Crippen LogP contribution in [0.15, 0.2) is 72.8 Å². The van der Waals surface area contributed by atoms with Crippen LogP contribution in [0, 0.1) is 0 Å². The van der Waals surface area contributed by atoms with Gasteiger partial charge in [-0.15, -0.1) is 11.3 Å². The lowest BCUT2D eigenvalue weighted by atomic mass is 9.83. The van der Waals surface area contributed by atoms with Gasteiger partial charge in [0, 0.05) is 18.2 Å². The number of nitrogens with one attached hydrogen (secondary N) is 2. The zero-order chi connectivity index (χ0) is 23.4. The first-order valence-corrected chi connectivity index (χ1v) is 11.3. The molecule has 0 bridgehead atoms. The molecular weight excluding hydrogens is 438 g/mol. The minimum Gasteiger partial charge on any atom is -0.351 e. The Labute approximate surface area is 195 Å². The summed E-state index contributed by atoms with van der Waals surface area (Å²) in [5.74, 6) is -0.946. The summed E-state index contributed by atoms with van der Waals surface area (Å²) in [6, 6.07) is 21.4. The number of thiophene rings is 1. The lowest BCUT2D eigenvalue weighted by Gasteiger charge is -2.27. The van der Waals surface area contributed by atoms with Crippen molar-refractivity contribution in [2.24, 2.45) is 0 Å². The molecule has 1 fully saturated rings. The van der Waals surface area contributed by atoms with Gasteiger partial charge in [0.25, 0.3) is 5.91 Å². The molecule has 3 aromatic rings. The second-order valence-corrected chi connectivity index (χ2v) is 9.02. The molecule has 0 aliphatic carbocycles. The van der Waals surface area contributed by atoms with Gasteiger partial charge in [-0.3, -0.25) is 19.3 Å². The number of urea groups is 1. The van der Waals surface area contributed by atoms with E-state index in [0.717, 1.165) is 15.3 Å². The number of amides is 4. The first kappa shape index (κ1) is 22.4. The van der Waals surface area contributed by atoms with E-state index in [4.69, 9.17) is 0 Å². The molecular formula is C25H23N3O4S. The molecule has 7 nitrogen and oxygen atoms in total. The van der Waals surface area contributed by atoms with Gasteiger partial charge in [0.15, 0.2) is 11.3 Å². The van der Waals surface area contributed by atoms with Crippen LogP contribution in [0.3, 0.4) is 0 Å². The van der Waals surface area contributed by atoms with Gasteiger partial charge >= 0.3 is 6.03 Å². The van der Waals surface area contributed by atoms with Gasteiger partial charge in [-0.1, -0.05) is 60.7 Å². The van der Waals surface area contributed by atoms with E-state index in [1.54, 1.807) is 24.3 Å². The van der Waals surface area contributed by atoms with Gasteiger partial charge in [-0.05, 0) is 23.3 Å². The SMILES string of the molecule is CC(=O)NCc1ccc(C(=O)CN2C(=O)N[C@@](Cc3ccccc3)(c3ccccc3)C2=O)s1. The van der Waals surface area contributed by atoms with Crippen LogP contribution in [-0.4, -0.2) is 35.1 Å². The highest BCUT2D eigenvalue weighted by atomic mass is 32.1. The molecule has 8 heteroatoms. The fourth-order valence-corrected chi connectivity index (χ4v) is 4.75. The quantitative estimate of drug-likeness (QED) is 0.398. The van der Waals surface area contributed by atoms with E-state index >= 15 is 0 Å². The van der Waals surface area contributed by atoms with Crippen LogP contribution in [0.25, 0.3) is 0 Å². The van der Waals surface area contributed by atoms with E-state index in [9.17, 15) is 19.2 Å². The molecule has 0 radical (unpaired) electrons. The minimum atomic E-state index is -1.29. The summed E-state index contributed by atoms with van der Waals surface area (Å²) in [6.07, 6.45) is 0.271. The van der Waals surface area contributed by atoms with Gasteiger partial charge in [0.05, 0.1) is 18.0 Å². The fraction of sp³-hybridized carbons (Fsp3) is 0.200. The number of imide groups is 1. The number of hydrogen-bond donors (Lipinski definition) is 2. The van der Waals surface area contributed by atoms with Crippen molar-refractivity contribution in [3.05, 3.63) is 93.7 Å². The van der Waals surface area contributed by atoms with Crippen molar-refractivity contribution in [2.45, 2.75) is 25.4 Å². The summed E-state index contributed by atoms with van der Waals surface area (Å²) in [5.41, 5.74) is 0.270. The summed E-state index contributed by atoms with van der Waals surface area (Å²) < 4.78 is 0. The second kappa shape index (κ2) is 9.38. The normalized spacial score (nSPS) is 17.7. The average molecular weight is 462 g/mol. The maximum Gasteiger partial charge on any atom is 0.325 e. The molecule has 0 unspecified atom stereocenters. The highest BCUT2D eigenvalue weighted by molar-refractivity contribution is 7.14. The standard InChI is InChI=1S/C25H23N3O4S/c1-17(29)26-15-20-12-13-22(33-20)21(30)16-28-23(31)25(27-24(28)32,19-10-6-3-7-11-19)14-18-8-4-2-5-9-18/h2-13H,14-16H2,1H3,(H,26,29)(H,27,32)/t25-/m0/s1. The fourth-order valence-electron chi connectivity index (χ4n) is 3.87. The monoisotopic (exact) mass is 461 g/mol. The largest absolute Gasteiger partial charge is 0.351 e. The maximum atomic E-state index is 13.6. The van der Waals surface area contributed by atoms with Crippen LogP contribution < -0.4 is 10.6 Å². The third-order valence-electron chi connectivity index (χ3n) is 5.50. The Bertz CT molecular complexity index is 1190. The first-order valence-electron chi connectivity index (χ1n) is 10.5. The van der Waals surface area contributed by atoms with Crippen LogP contribution in [-0.2, 0) is 28.1 Å². The highest BCUT2D eigenvalue weighted by Gasteiger charge is 2.52. The molecule has 2 N–H and O–H groups in total. The number of Topliss-reactive ketones (excluding diaryl/α,β-unsaturated/α-hetero) is 1. The van der Waals surface area contributed by atoms with Crippen LogP contribution in [0.4, 0.5) is 4.79 Å². The molecule has 1 saturated heterocycles. The number of hydrogen-bond acceptors (Lipinski definition) is 5. The lowest BCUT2D eigenvalue weighted by molar-refractivity contribution is -0.131. The van der Waals surface area contributed by atoms with Crippen molar-refractivity contribution in [1.29, 1.82) is 0 Å². The Kier molecular flexibility index (Phi) is 6.37. The number of carbonyl (C=O) groups excluding carboxylic acids is 4. The molecule has 1 aromatic heterocycles. The Hall–Kier alpha value is -3.78. The number of rotatable bonds is 8. The average Bonchev–Trinajstić information content (AvgIpc) is 3.38. The molecule has 1 aliphatic rings. The minimum absolute atomic E-state index is 0.161.